The standard InChI is InChI=1S/C14H20FNO/c1-3-7-14(9-16-10-14)8-11-5-4-6-12(17-2)13(11)15/h4-6,16H,3,7-10H2,1-2H3. The van der Waals surface area contributed by atoms with Crippen LogP contribution in [0.3, 0.4) is 0 Å². The van der Waals surface area contributed by atoms with Gasteiger partial charge in [-0.25, -0.2) is 4.39 Å². The fourth-order valence-corrected chi connectivity index (χ4v) is 2.65. The third-order valence-electron chi connectivity index (χ3n) is 3.61. The summed E-state index contributed by atoms with van der Waals surface area (Å²) < 4.78 is 19.1. The Kier molecular flexibility index (Phi) is 3.67. The molecule has 0 aliphatic carbocycles. The summed E-state index contributed by atoms with van der Waals surface area (Å²) in [6, 6.07) is 5.40. The van der Waals surface area contributed by atoms with Gasteiger partial charge in [-0.15, -0.1) is 0 Å². The van der Waals surface area contributed by atoms with Crippen molar-refractivity contribution in [1.29, 1.82) is 0 Å². The molecule has 1 aromatic rings. The fraction of sp³-hybridized carbons (Fsp3) is 0.571. The van der Waals surface area contributed by atoms with Crippen molar-refractivity contribution in [2.75, 3.05) is 20.2 Å². The van der Waals surface area contributed by atoms with Gasteiger partial charge in [0, 0.05) is 13.1 Å². The molecule has 2 nitrogen and oxygen atoms in total. The van der Waals surface area contributed by atoms with Gasteiger partial charge in [0.1, 0.15) is 0 Å². The molecular weight excluding hydrogens is 217 g/mol. The first-order chi connectivity index (χ1) is 8.21. The second-order valence-electron chi connectivity index (χ2n) is 4.96. The smallest absolute Gasteiger partial charge is 0.168 e. The van der Waals surface area contributed by atoms with E-state index in [1.807, 2.05) is 12.1 Å². The van der Waals surface area contributed by atoms with E-state index in [0.717, 1.165) is 37.9 Å². The molecule has 0 amide bonds. The van der Waals surface area contributed by atoms with Crippen LogP contribution >= 0.6 is 0 Å². The molecule has 0 unspecified atom stereocenters. The Morgan fingerprint density at radius 2 is 2.18 bits per heavy atom. The number of methoxy groups -OCH3 is 1. The number of hydrogen-bond acceptors (Lipinski definition) is 2. The average molecular weight is 237 g/mol. The maximum atomic E-state index is 14.1. The second-order valence-corrected chi connectivity index (χ2v) is 4.96. The van der Waals surface area contributed by atoms with Gasteiger partial charge in [-0.05, 0) is 29.9 Å². The monoisotopic (exact) mass is 237 g/mol. The fourth-order valence-electron chi connectivity index (χ4n) is 2.65. The molecule has 1 aliphatic heterocycles. The van der Waals surface area contributed by atoms with Gasteiger partial charge in [-0.2, -0.15) is 0 Å². The van der Waals surface area contributed by atoms with E-state index in [4.69, 9.17) is 4.74 Å². The predicted octanol–water partition coefficient (Wildman–Crippen LogP) is 2.77. The maximum Gasteiger partial charge on any atom is 0.168 e. The number of hydrogen-bond donors (Lipinski definition) is 1. The van der Waals surface area contributed by atoms with Crippen molar-refractivity contribution < 1.29 is 9.13 Å². The molecular formula is C14H20FNO. The lowest BCUT2D eigenvalue weighted by molar-refractivity contribution is 0.149. The summed E-state index contributed by atoms with van der Waals surface area (Å²) in [4.78, 5) is 0. The minimum atomic E-state index is -0.197. The predicted molar refractivity (Wildman–Crippen MR) is 66.9 cm³/mol. The van der Waals surface area contributed by atoms with E-state index in [0.29, 0.717) is 5.75 Å². The lowest BCUT2D eigenvalue weighted by Gasteiger charge is -2.43. The Morgan fingerprint density at radius 1 is 1.41 bits per heavy atom. The Morgan fingerprint density at radius 3 is 2.71 bits per heavy atom. The first-order valence-corrected chi connectivity index (χ1v) is 6.23. The van der Waals surface area contributed by atoms with E-state index >= 15 is 0 Å². The van der Waals surface area contributed by atoms with Crippen LogP contribution in [0.2, 0.25) is 0 Å². The molecule has 1 aromatic carbocycles. The van der Waals surface area contributed by atoms with Crippen LogP contribution in [0.15, 0.2) is 18.2 Å². The maximum absolute atomic E-state index is 14.1. The Hall–Kier alpha value is -1.09. The summed E-state index contributed by atoms with van der Waals surface area (Å²) in [6.07, 6.45) is 3.10. The van der Waals surface area contributed by atoms with Crippen molar-refractivity contribution in [2.24, 2.45) is 5.41 Å². The van der Waals surface area contributed by atoms with Gasteiger partial charge in [-0.1, -0.05) is 25.5 Å². The average Bonchev–Trinajstić information content (AvgIpc) is 2.29. The molecule has 17 heavy (non-hydrogen) atoms. The van der Waals surface area contributed by atoms with E-state index in [1.165, 1.54) is 7.11 Å². The van der Waals surface area contributed by atoms with Crippen LogP contribution in [0.1, 0.15) is 25.3 Å². The highest BCUT2D eigenvalue weighted by Gasteiger charge is 2.36. The molecule has 0 spiro atoms. The van der Waals surface area contributed by atoms with Crippen molar-refractivity contribution >= 4 is 0 Å². The summed E-state index contributed by atoms with van der Waals surface area (Å²) in [6.45, 7) is 4.18. The molecule has 0 atom stereocenters. The van der Waals surface area contributed by atoms with E-state index in [2.05, 4.69) is 12.2 Å². The highest BCUT2D eigenvalue weighted by Crippen LogP contribution is 2.34. The highest BCUT2D eigenvalue weighted by atomic mass is 19.1. The molecule has 0 aromatic heterocycles. The summed E-state index contributed by atoms with van der Waals surface area (Å²) >= 11 is 0. The molecule has 1 heterocycles. The summed E-state index contributed by atoms with van der Waals surface area (Å²) in [5.41, 5.74) is 1.03. The molecule has 1 aliphatic rings. The SMILES string of the molecule is CCCC1(Cc2cccc(OC)c2F)CNC1. The molecule has 0 bridgehead atoms. The van der Waals surface area contributed by atoms with E-state index in [-0.39, 0.29) is 11.2 Å². The highest BCUT2D eigenvalue weighted by molar-refractivity contribution is 5.32. The largest absolute Gasteiger partial charge is 0.494 e. The first kappa shape index (κ1) is 12.4. The summed E-state index contributed by atoms with van der Waals surface area (Å²) in [7, 11) is 1.51. The Bertz CT molecular complexity index is 388. The Labute approximate surface area is 102 Å². The van der Waals surface area contributed by atoms with Crippen LogP contribution < -0.4 is 10.1 Å². The van der Waals surface area contributed by atoms with Gasteiger partial charge >= 0.3 is 0 Å². The molecule has 1 N–H and O–H groups in total. The van der Waals surface area contributed by atoms with Crippen LogP contribution in [0, 0.1) is 11.2 Å². The van der Waals surface area contributed by atoms with Gasteiger partial charge in [0.2, 0.25) is 0 Å². The zero-order valence-corrected chi connectivity index (χ0v) is 10.6. The topological polar surface area (TPSA) is 21.3 Å². The van der Waals surface area contributed by atoms with Crippen LogP contribution in [0.4, 0.5) is 4.39 Å². The van der Waals surface area contributed by atoms with Crippen molar-refractivity contribution in [1.82, 2.24) is 5.32 Å². The lowest BCUT2D eigenvalue weighted by atomic mass is 9.73. The molecule has 94 valence electrons. The summed E-state index contributed by atoms with van der Waals surface area (Å²) in [5.74, 6) is 0.152. The molecule has 0 saturated carbocycles. The number of nitrogens with one attached hydrogen (secondary N) is 1. The quantitative estimate of drug-likeness (QED) is 0.850. The van der Waals surface area contributed by atoms with Crippen LogP contribution in [0.25, 0.3) is 0 Å². The number of ether oxygens (including phenoxy) is 1. The minimum Gasteiger partial charge on any atom is -0.494 e. The van der Waals surface area contributed by atoms with Gasteiger partial charge in [0.15, 0.2) is 11.6 Å². The normalized spacial score (nSPS) is 17.6. The third kappa shape index (κ3) is 2.44. The van der Waals surface area contributed by atoms with Crippen molar-refractivity contribution in [3.05, 3.63) is 29.6 Å². The van der Waals surface area contributed by atoms with Gasteiger partial charge in [0.05, 0.1) is 7.11 Å². The number of halogens is 1. The Balaban J connectivity index is 2.17. The molecule has 1 saturated heterocycles. The van der Waals surface area contributed by atoms with Crippen LogP contribution in [-0.2, 0) is 6.42 Å². The van der Waals surface area contributed by atoms with Crippen molar-refractivity contribution in [3.8, 4) is 5.75 Å². The van der Waals surface area contributed by atoms with Crippen LogP contribution in [-0.4, -0.2) is 20.2 Å². The molecule has 1 fully saturated rings. The molecule has 0 radical (unpaired) electrons. The van der Waals surface area contributed by atoms with Gasteiger partial charge < -0.3 is 10.1 Å². The first-order valence-electron chi connectivity index (χ1n) is 6.23. The molecule has 2 rings (SSSR count). The zero-order chi connectivity index (χ0) is 12.3. The second kappa shape index (κ2) is 5.05. The van der Waals surface area contributed by atoms with Crippen LogP contribution in [0.5, 0.6) is 5.75 Å². The zero-order valence-electron chi connectivity index (χ0n) is 10.6. The van der Waals surface area contributed by atoms with Gasteiger partial charge in [0.25, 0.3) is 0 Å². The summed E-state index contributed by atoms with van der Waals surface area (Å²) in [5, 5.41) is 3.30. The van der Waals surface area contributed by atoms with E-state index in [1.54, 1.807) is 6.07 Å². The lowest BCUT2D eigenvalue weighted by Crippen LogP contribution is -2.54. The van der Waals surface area contributed by atoms with Crippen molar-refractivity contribution in [3.63, 3.8) is 0 Å². The van der Waals surface area contributed by atoms with Gasteiger partial charge in [-0.3, -0.25) is 0 Å². The molecule has 3 heteroatoms. The van der Waals surface area contributed by atoms with E-state index < -0.39 is 0 Å². The number of rotatable bonds is 5. The van der Waals surface area contributed by atoms with Crippen molar-refractivity contribution in [2.45, 2.75) is 26.2 Å². The number of benzene rings is 1. The van der Waals surface area contributed by atoms with E-state index in [9.17, 15) is 4.39 Å². The minimum absolute atomic E-state index is 0.197. The third-order valence-corrected chi connectivity index (χ3v) is 3.61.